The van der Waals surface area contributed by atoms with Gasteiger partial charge in [0, 0.05) is 47.7 Å². The maximum absolute atomic E-state index is 12.4. The first-order chi connectivity index (χ1) is 14.8. The minimum Gasteiger partial charge on any atom is -0.352 e. The standard InChI is InChI=1S/C24H23N5O/c1-2-11-27-24(30)16-8-9-17-18(10-13-26-20(17)15-16)22-21-7-5-14-29(21)28-23(22)19-6-3-4-12-25-19/h3-4,6,8-10,12-13,15H,2,5,7,11,14H2,1H3,(H,27,30). The van der Waals surface area contributed by atoms with Crippen molar-refractivity contribution < 1.29 is 4.79 Å². The van der Waals surface area contributed by atoms with Crippen LogP contribution in [0.3, 0.4) is 0 Å². The van der Waals surface area contributed by atoms with E-state index in [1.54, 1.807) is 6.20 Å². The van der Waals surface area contributed by atoms with Gasteiger partial charge in [-0.3, -0.25) is 19.4 Å². The maximum Gasteiger partial charge on any atom is 0.251 e. The molecule has 4 heterocycles. The number of hydrogen-bond donors (Lipinski definition) is 1. The minimum absolute atomic E-state index is 0.0634. The molecule has 0 saturated carbocycles. The molecule has 1 aromatic carbocycles. The van der Waals surface area contributed by atoms with Crippen LogP contribution in [-0.4, -0.2) is 32.2 Å². The van der Waals surface area contributed by atoms with Gasteiger partial charge in [0.2, 0.25) is 0 Å². The Labute approximate surface area is 175 Å². The van der Waals surface area contributed by atoms with Gasteiger partial charge >= 0.3 is 0 Å². The topological polar surface area (TPSA) is 72.7 Å². The fraction of sp³-hybridized carbons (Fsp3) is 0.250. The van der Waals surface area contributed by atoms with Crippen molar-refractivity contribution in [1.82, 2.24) is 25.1 Å². The summed E-state index contributed by atoms with van der Waals surface area (Å²) < 4.78 is 2.11. The SMILES string of the molecule is CCCNC(=O)c1ccc2c(-c3c(-c4ccccn4)nn4c3CCC4)ccnc2c1. The Kier molecular flexibility index (Phi) is 4.75. The van der Waals surface area contributed by atoms with E-state index in [1.807, 2.05) is 55.6 Å². The third-order valence-corrected chi connectivity index (χ3v) is 5.56. The number of pyridine rings is 2. The summed E-state index contributed by atoms with van der Waals surface area (Å²) in [5.41, 5.74) is 6.67. The van der Waals surface area contributed by atoms with Crippen LogP contribution in [0.2, 0.25) is 0 Å². The Morgan fingerprint density at radius 3 is 2.90 bits per heavy atom. The minimum atomic E-state index is -0.0634. The van der Waals surface area contributed by atoms with Crippen molar-refractivity contribution in [3.63, 3.8) is 0 Å². The Hall–Kier alpha value is -3.54. The zero-order chi connectivity index (χ0) is 20.5. The summed E-state index contributed by atoms with van der Waals surface area (Å²) in [7, 11) is 0. The molecule has 1 aliphatic heterocycles. The third-order valence-electron chi connectivity index (χ3n) is 5.56. The fourth-order valence-corrected chi connectivity index (χ4v) is 4.15. The van der Waals surface area contributed by atoms with Crippen molar-refractivity contribution in [3.05, 3.63) is 66.1 Å². The lowest BCUT2D eigenvalue weighted by molar-refractivity contribution is 0.0954. The van der Waals surface area contributed by atoms with E-state index in [0.29, 0.717) is 12.1 Å². The van der Waals surface area contributed by atoms with Gasteiger partial charge < -0.3 is 5.32 Å². The van der Waals surface area contributed by atoms with Gasteiger partial charge in [-0.15, -0.1) is 0 Å². The highest BCUT2D eigenvalue weighted by Gasteiger charge is 2.25. The van der Waals surface area contributed by atoms with Crippen molar-refractivity contribution in [2.45, 2.75) is 32.7 Å². The summed E-state index contributed by atoms with van der Waals surface area (Å²) in [6, 6.07) is 13.7. The van der Waals surface area contributed by atoms with Gasteiger partial charge in [0.25, 0.3) is 5.91 Å². The summed E-state index contributed by atoms with van der Waals surface area (Å²) in [4.78, 5) is 21.5. The van der Waals surface area contributed by atoms with E-state index in [-0.39, 0.29) is 5.91 Å². The summed E-state index contributed by atoms with van der Waals surface area (Å²) in [6.07, 6.45) is 6.62. The average molecular weight is 397 g/mol. The molecule has 0 atom stereocenters. The zero-order valence-electron chi connectivity index (χ0n) is 16.9. The fourth-order valence-electron chi connectivity index (χ4n) is 4.15. The van der Waals surface area contributed by atoms with Gasteiger partial charge in [-0.2, -0.15) is 5.10 Å². The average Bonchev–Trinajstić information content (AvgIpc) is 3.39. The van der Waals surface area contributed by atoms with E-state index in [9.17, 15) is 4.79 Å². The largest absolute Gasteiger partial charge is 0.352 e. The molecule has 6 heteroatoms. The molecule has 1 amide bonds. The molecule has 0 saturated heterocycles. The number of carbonyl (C=O) groups is 1. The molecular weight excluding hydrogens is 374 g/mol. The first-order valence-electron chi connectivity index (χ1n) is 10.4. The van der Waals surface area contributed by atoms with E-state index >= 15 is 0 Å². The summed E-state index contributed by atoms with van der Waals surface area (Å²) in [6.45, 7) is 3.64. The molecule has 3 aromatic heterocycles. The Balaban J connectivity index is 1.66. The van der Waals surface area contributed by atoms with Crippen molar-refractivity contribution in [3.8, 4) is 22.5 Å². The van der Waals surface area contributed by atoms with Crippen LogP contribution in [0.4, 0.5) is 0 Å². The molecule has 0 bridgehead atoms. The van der Waals surface area contributed by atoms with Gasteiger partial charge in [0.05, 0.1) is 11.2 Å². The van der Waals surface area contributed by atoms with E-state index in [4.69, 9.17) is 5.10 Å². The van der Waals surface area contributed by atoms with Crippen LogP contribution in [0.15, 0.2) is 54.9 Å². The molecule has 0 radical (unpaired) electrons. The number of benzene rings is 1. The second-order valence-corrected chi connectivity index (χ2v) is 7.56. The summed E-state index contributed by atoms with van der Waals surface area (Å²) in [5.74, 6) is -0.0634. The number of carbonyl (C=O) groups excluding carboxylic acids is 1. The van der Waals surface area contributed by atoms with Crippen molar-refractivity contribution in [2.75, 3.05) is 6.54 Å². The molecule has 5 rings (SSSR count). The number of nitrogens with zero attached hydrogens (tertiary/aromatic N) is 4. The second kappa shape index (κ2) is 7.71. The predicted molar refractivity (Wildman–Crippen MR) is 117 cm³/mol. The Bertz CT molecular complexity index is 1230. The molecule has 1 aliphatic rings. The molecular formula is C24H23N5O. The molecule has 30 heavy (non-hydrogen) atoms. The van der Waals surface area contributed by atoms with E-state index < -0.39 is 0 Å². The van der Waals surface area contributed by atoms with Crippen LogP contribution >= 0.6 is 0 Å². The molecule has 0 spiro atoms. The normalized spacial score (nSPS) is 12.8. The molecule has 4 aromatic rings. The highest BCUT2D eigenvalue weighted by molar-refractivity contribution is 6.03. The van der Waals surface area contributed by atoms with E-state index in [0.717, 1.165) is 59.2 Å². The molecule has 0 aliphatic carbocycles. The molecule has 1 N–H and O–H groups in total. The highest BCUT2D eigenvalue weighted by Crippen LogP contribution is 2.39. The number of hydrogen-bond acceptors (Lipinski definition) is 4. The lowest BCUT2D eigenvalue weighted by Crippen LogP contribution is -2.23. The lowest BCUT2D eigenvalue weighted by atomic mass is 9.96. The zero-order valence-corrected chi connectivity index (χ0v) is 16.9. The first kappa shape index (κ1) is 18.5. The van der Waals surface area contributed by atoms with Crippen LogP contribution in [0.1, 0.15) is 35.8 Å². The number of fused-ring (bicyclic) bond motifs is 2. The van der Waals surface area contributed by atoms with Gasteiger partial charge in [-0.1, -0.05) is 19.1 Å². The molecule has 150 valence electrons. The Morgan fingerprint density at radius 1 is 1.13 bits per heavy atom. The maximum atomic E-state index is 12.4. The molecule has 0 fully saturated rings. The van der Waals surface area contributed by atoms with Gasteiger partial charge in [0.1, 0.15) is 5.69 Å². The monoisotopic (exact) mass is 397 g/mol. The lowest BCUT2D eigenvalue weighted by Gasteiger charge is -2.10. The smallest absolute Gasteiger partial charge is 0.251 e. The quantitative estimate of drug-likeness (QED) is 0.546. The molecule has 6 nitrogen and oxygen atoms in total. The third kappa shape index (κ3) is 3.14. The summed E-state index contributed by atoms with van der Waals surface area (Å²) >= 11 is 0. The van der Waals surface area contributed by atoms with E-state index in [2.05, 4.69) is 20.0 Å². The highest BCUT2D eigenvalue weighted by atomic mass is 16.1. The van der Waals surface area contributed by atoms with Crippen molar-refractivity contribution >= 4 is 16.8 Å². The van der Waals surface area contributed by atoms with Crippen molar-refractivity contribution in [1.29, 1.82) is 0 Å². The van der Waals surface area contributed by atoms with Gasteiger partial charge in [-0.25, -0.2) is 0 Å². The van der Waals surface area contributed by atoms with E-state index in [1.165, 1.54) is 5.69 Å². The van der Waals surface area contributed by atoms with Crippen LogP contribution < -0.4 is 5.32 Å². The van der Waals surface area contributed by atoms with Crippen molar-refractivity contribution in [2.24, 2.45) is 0 Å². The number of aromatic nitrogens is 4. The second-order valence-electron chi connectivity index (χ2n) is 7.56. The number of amides is 1. The van der Waals surface area contributed by atoms with Crippen LogP contribution in [0, 0.1) is 0 Å². The van der Waals surface area contributed by atoms with Crippen LogP contribution in [0.25, 0.3) is 33.4 Å². The van der Waals surface area contributed by atoms with Crippen LogP contribution in [0.5, 0.6) is 0 Å². The number of nitrogens with one attached hydrogen (secondary N) is 1. The predicted octanol–water partition coefficient (Wildman–Crippen LogP) is 4.25. The number of aryl methyl sites for hydroxylation is 1. The van der Waals surface area contributed by atoms with Gasteiger partial charge in [-0.05, 0) is 55.2 Å². The number of rotatable bonds is 5. The van der Waals surface area contributed by atoms with Gasteiger partial charge in [0.15, 0.2) is 0 Å². The first-order valence-corrected chi connectivity index (χ1v) is 10.4. The van der Waals surface area contributed by atoms with Crippen LogP contribution in [-0.2, 0) is 13.0 Å². The molecule has 0 unspecified atom stereocenters. The Morgan fingerprint density at radius 2 is 2.07 bits per heavy atom. The summed E-state index contributed by atoms with van der Waals surface area (Å²) in [5, 5.41) is 8.84.